The molecule has 0 atom stereocenters. The highest BCUT2D eigenvalue weighted by Gasteiger charge is 2.27. The first kappa shape index (κ1) is 13.9. The van der Waals surface area contributed by atoms with E-state index < -0.39 is 5.97 Å². The largest absolute Gasteiger partial charge is 0.481 e. The molecule has 1 aliphatic rings. The lowest BCUT2D eigenvalue weighted by Crippen LogP contribution is -2.36. The highest BCUT2D eigenvalue weighted by atomic mass is 35.5. The molecular formula is C14H14ClN3O3. The van der Waals surface area contributed by atoms with Crippen LogP contribution in [-0.4, -0.2) is 34.3 Å². The first-order valence-electron chi connectivity index (χ1n) is 6.71. The SMILES string of the molecule is O=C(O)C1CCN(c2nc(-c3cccc(Cl)c3)no2)CC1. The van der Waals surface area contributed by atoms with Gasteiger partial charge in [0.1, 0.15) is 0 Å². The Morgan fingerprint density at radius 1 is 1.38 bits per heavy atom. The number of halogens is 1. The fourth-order valence-electron chi connectivity index (χ4n) is 2.41. The summed E-state index contributed by atoms with van der Waals surface area (Å²) >= 11 is 5.94. The van der Waals surface area contributed by atoms with Gasteiger partial charge in [-0.05, 0) is 25.0 Å². The number of carbonyl (C=O) groups is 1. The number of rotatable bonds is 3. The van der Waals surface area contributed by atoms with Gasteiger partial charge in [-0.15, -0.1) is 0 Å². The second-order valence-electron chi connectivity index (χ2n) is 5.01. The summed E-state index contributed by atoms with van der Waals surface area (Å²) in [5.74, 6) is -0.538. The van der Waals surface area contributed by atoms with E-state index in [4.69, 9.17) is 21.2 Å². The molecule has 1 saturated heterocycles. The van der Waals surface area contributed by atoms with E-state index in [0.717, 1.165) is 5.56 Å². The molecule has 0 radical (unpaired) electrons. The van der Waals surface area contributed by atoms with Gasteiger partial charge in [-0.3, -0.25) is 4.79 Å². The minimum absolute atomic E-state index is 0.281. The van der Waals surface area contributed by atoms with E-state index in [1.54, 1.807) is 12.1 Å². The molecule has 7 heteroatoms. The van der Waals surface area contributed by atoms with Gasteiger partial charge in [-0.1, -0.05) is 28.9 Å². The molecule has 110 valence electrons. The average molecular weight is 308 g/mol. The maximum absolute atomic E-state index is 10.9. The predicted molar refractivity (Wildman–Crippen MR) is 77.3 cm³/mol. The zero-order chi connectivity index (χ0) is 14.8. The number of benzene rings is 1. The Bertz CT molecular complexity index is 650. The molecule has 0 saturated carbocycles. The van der Waals surface area contributed by atoms with E-state index in [9.17, 15) is 4.79 Å². The van der Waals surface area contributed by atoms with Crippen molar-refractivity contribution in [3.63, 3.8) is 0 Å². The van der Waals surface area contributed by atoms with Crippen molar-refractivity contribution in [2.45, 2.75) is 12.8 Å². The molecule has 6 nitrogen and oxygen atoms in total. The summed E-state index contributed by atoms with van der Waals surface area (Å²) in [5, 5.41) is 13.6. The summed E-state index contributed by atoms with van der Waals surface area (Å²) in [6.07, 6.45) is 1.18. The molecule has 1 N–H and O–H groups in total. The molecule has 0 spiro atoms. The summed E-state index contributed by atoms with van der Waals surface area (Å²) in [6.45, 7) is 1.21. The van der Waals surface area contributed by atoms with Crippen LogP contribution in [0, 0.1) is 5.92 Å². The van der Waals surface area contributed by atoms with Gasteiger partial charge in [0.2, 0.25) is 5.82 Å². The predicted octanol–water partition coefficient (Wildman–Crippen LogP) is 2.69. The van der Waals surface area contributed by atoms with Crippen molar-refractivity contribution < 1.29 is 14.4 Å². The Kier molecular flexibility index (Phi) is 3.79. The number of carboxylic acid groups (broad SMARTS) is 1. The Labute approximate surface area is 126 Å². The van der Waals surface area contributed by atoms with Gasteiger partial charge in [-0.25, -0.2) is 0 Å². The van der Waals surface area contributed by atoms with E-state index in [1.807, 2.05) is 17.0 Å². The lowest BCUT2D eigenvalue weighted by Gasteiger charge is -2.28. The Morgan fingerprint density at radius 2 is 2.14 bits per heavy atom. The summed E-state index contributed by atoms with van der Waals surface area (Å²) < 4.78 is 5.27. The van der Waals surface area contributed by atoms with Gasteiger partial charge in [-0.2, -0.15) is 4.98 Å². The van der Waals surface area contributed by atoms with Gasteiger partial charge in [0, 0.05) is 23.7 Å². The van der Waals surface area contributed by atoms with Crippen molar-refractivity contribution in [1.82, 2.24) is 10.1 Å². The zero-order valence-electron chi connectivity index (χ0n) is 11.2. The summed E-state index contributed by atoms with van der Waals surface area (Å²) in [6, 6.07) is 7.66. The van der Waals surface area contributed by atoms with Crippen LogP contribution in [0.15, 0.2) is 28.8 Å². The molecule has 0 bridgehead atoms. The molecule has 2 heterocycles. The number of carboxylic acids is 1. The molecule has 1 aliphatic heterocycles. The minimum atomic E-state index is -0.736. The number of anilines is 1. The van der Waals surface area contributed by atoms with Gasteiger partial charge < -0.3 is 14.5 Å². The first-order valence-corrected chi connectivity index (χ1v) is 7.08. The van der Waals surface area contributed by atoms with E-state index in [0.29, 0.717) is 42.8 Å². The third-order valence-electron chi connectivity index (χ3n) is 3.61. The average Bonchev–Trinajstić information content (AvgIpc) is 2.97. The maximum atomic E-state index is 10.9. The van der Waals surface area contributed by atoms with Crippen LogP contribution in [-0.2, 0) is 4.79 Å². The second kappa shape index (κ2) is 5.73. The van der Waals surface area contributed by atoms with E-state index >= 15 is 0 Å². The van der Waals surface area contributed by atoms with Crippen LogP contribution in [0.4, 0.5) is 6.01 Å². The molecule has 1 aromatic heterocycles. The lowest BCUT2D eigenvalue weighted by molar-refractivity contribution is -0.142. The van der Waals surface area contributed by atoms with Gasteiger partial charge in [0.15, 0.2) is 0 Å². The van der Waals surface area contributed by atoms with E-state index in [2.05, 4.69) is 10.1 Å². The van der Waals surface area contributed by atoms with Crippen molar-refractivity contribution in [3.05, 3.63) is 29.3 Å². The third kappa shape index (κ3) is 3.00. The topological polar surface area (TPSA) is 79.5 Å². The van der Waals surface area contributed by atoms with Crippen molar-refractivity contribution in [3.8, 4) is 11.4 Å². The summed E-state index contributed by atoms with van der Waals surface area (Å²) in [4.78, 5) is 17.2. The maximum Gasteiger partial charge on any atom is 0.324 e. The molecule has 0 amide bonds. The van der Waals surface area contributed by atoms with Crippen molar-refractivity contribution in [1.29, 1.82) is 0 Å². The number of aromatic nitrogens is 2. The fraction of sp³-hybridized carbons (Fsp3) is 0.357. The molecule has 2 aromatic rings. The number of hydrogen-bond donors (Lipinski definition) is 1. The van der Waals surface area contributed by atoms with Crippen LogP contribution >= 0.6 is 11.6 Å². The van der Waals surface area contributed by atoms with Gasteiger partial charge >= 0.3 is 12.0 Å². The number of aliphatic carboxylic acids is 1. The number of hydrogen-bond acceptors (Lipinski definition) is 5. The molecule has 1 aromatic carbocycles. The van der Waals surface area contributed by atoms with Crippen LogP contribution in [0.3, 0.4) is 0 Å². The van der Waals surface area contributed by atoms with Crippen LogP contribution in [0.5, 0.6) is 0 Å². The Morgan fingerprint density at radius 3 is 2.81 bits per heavy atom. The number of nitrogens with zero attached hydrogens (tertiary/aromatic N) is 3. The molecule has 1 fully saturated rings. The molecular weight excluding hydrogens is 294 g/mol. The zero-order valence-corrected chi connectivity index (χ0v) is 12.0. The normalized spacial score (nSPS) is 16.1. The van der Waals surface area contributed by atoms with Crippen molar-refractivity contribution in [2.75, 3.05) is 18.0 Å². The minimum Gasteiger partial charge on any atom is -0.481 e. The lowest BCUT2D eigenvalue weighted by atomic mass is 9.97. The summed E-state index contributed by atoms with van der Waals surface area (Å²) in [5.41, 5.74) is 0.790. The van der Waals surface area contributed by atoms with Crippen molar-refractivity contribution in [2.24, 2.45) is 5.92 Å². The molecule has 0 aliphatic carbocycles. The Balaban J connectivity index is 1.73. The highest BCUT2D eigenvalue weighted by Crippen LogP contribution is 2.25. The third-order valence-corrected chi connectivity index (χ3v) is 3.85. The first-order chi connectivity index (χ1) is 10.1. The van der Waals surface area contributed by atoms with Crippen LogP contribution in [0.1, 0.15) is 12.8 Å². The van der Waals surface area contributed by atoms with Gasteiger partial charge in [0.05, 0.1) is 5.92 Å². The van der Waals surface area contributed by atoms with Crippen molar-refractivity contribution >= 4 is 23.6 Å². The monoisotopic (exact) mass is 307 g/mol. The smallest absolute Gasteiger partial charge is 0.324 e. The van der Waals surface area contributed by atoms with Crippen LogP contribution in [0.25, 0.3) is 11.4 Å². The van der Waals surface area contributed by atoms with Crippen LogP contribution in [0.2, 0.25) is 5.02 Å². The van der Waals surface area contributed by atoms with E-state index in [1.165, 1.54) is 0 Å². The van der Waals surface area contributed by atoms with Gasteiger partial charge in [0.25, 0.3) is 0 Å². The molecule has 21 heavy (non-hydrogen) atoms. The fourth-order valence-corrected chi connectivity index (χ4v) is 2.60. The van der Waals surface area contributed by atoms with E-state index in [-0.39, 0.29) is 5.92 Å². The second-order valence-corrected chi connectivity index (χ2v) is 5.45. The molecule has 0 unspecified atom stereocenters. The summed E-state index contributed by atoms with van der Waals surface area (Å²) in [7, 11) is 0. The van der Waals surface area contributed by atoms with Crippen LogP contribution < -0.4 is 4.90 Å². The quantitative estimate of drug-likeness (QED) is 0.939. The Hall–Kier alpha value is -2.08. The number of piperidine rings is 1. The standard InChI is InChI=1S/C14H14ClN3O3/c15-11-3-1-2-10(8-11)12-16-14(21-17-12)18-6-4-9(5-7-18)13(19)20/h1-3,8-9H,4-7H2,(H,19,20). The highest BCUT2D eigenvalue weighted by molar-refractivity contribution is 6.30. The molecule has 3 rings (SSSR count).